The van der Waals surface area contributed by atoms with Crippen LogP contribution in [0.25, 0.3) is 0 Å². The van der Waals surface area contributed by atoms with Crippen LogP contribution in [-0.2, 0) is 4.79 Å². The molecule has 98 valence electrons. The molecule has 1 N–H and O–H groups in total. The Morgan fingerprint density at radius 2 is 1.83 bits per heavy atom. The lowest BCUT2D eigenvalue weighted by Gasteiger charge is -2.26. The van der Waals surface area contributed by atoms with E-state index in [-0.39, 0.29) is 11.5 Å². The smallest absolute Gasteiger partial charge is 0.265 e. The second kappa shape index (κ2) is 6.44. The third kappa shape index (κ3) is 3.25. The van der Waals surface area contributed by atoms with E-state index in [2.05, 4.69) is 5.32 Å². The summed E-state index contributed by atoms with van der Waals surface area (Å²) in [4.78, 5) is 13.9. The minimum absolute atomic E-state index is 0.109. The zero-order valence-corrected chi connectivity index (χ0v) is 10.8. The Balaban J connectivity index is 1.91. The van der Waals surface area contributed by atoms with Crippen LogP contribution in [0.4, 0.5) is 0 Å². The van der Waals surface area contributed by atoms with Gasteiger partial charge in [0.05, 0.1) is 0 Å². The zero-order valence-electron chi connectivity index (χ0n) is 10.8. The maximum absolute atomic E-state index is 12.1. The van der Waals surface area contributed by atoms with Crippen molar-refractivity contribution in [2.75, 3.05) is 13.1 Å². The Labute approximate surface area is 109 Å². The number of hydrogen-bond donors (Lipinski definition) is 1. The summed E-state index contributed by atoms with van der Waals surface area (Å²) in [6.45, 7) is 1.59. The van der Waals surface area contributed by atoms with Gasteiger partial charge in [-0.2, -0.15) is 5.26 Å². The second-order valence-corrected chi connectivity index (χ2v) is 5.17. The molecule has 0 radical (unpaired) electrons. The summed E-state index contributed by atoms with van der Waals surface area (Å²) in [5.41, 5.74) is 0.254. The summed E-state index contributed by atoms with van der Waals surface area (Å²) in [5, 5.41) is 12.3. The van der Waals surface area contributed by atoms with Crippen molar-refractivity contribution in [3.8, 4) is 6.07 Å². The van der Waals surface area contributed by atoms with Crippen molar-refractivity contribution in [3.05, 3.63) is 11.8 Å². The van der Waals surface area contributed by atoms with Crippen molar-refractivity contribution in [2.45, 2.75) is 51.0 Å². The molecular formula is C14H21N3O. The van der Waals surface area contributed by atoms with E-state index in [0.717, 1.165) is 38.8 Å². The van der Waals surface area contributed by atoms with Crippen LogP contribution in [-0.4, -0.2) is 29.9 Å². The normalized spacial score (nSPS) is 21.7. The fraction of sp³-hybridized carbons (Fsp3) is 0.714. The van der Waals surface area contributed by atoms with Crippen LogP contribution in [0.1, 0.15) is 44.9 Å². The fourth-order valence-electron chi connectivity index (χ4n) is 2.70. The van der Waals surface area contributed by atoms with E-state index < -0.39 is 0 Å². The second-order valence-electron chi connectivity index (χ2n) is 5.17. The van der Waals surface area contributed by atoms with E-state index >= 15 is 0 Å². The van der Waals surface area contributed by atoms with Crippen LogP contribution in [0.3, 0.4) is 0 Å². The molecule has 1 aliphatic heterocycles. The Kier molecular flexibility index (Phi) is 4.63. The molecule has 1 aliphatic carbocycles. The zero-order chi connectivity index (χ0) is 12.8. The lowest BCUT2D eigenvalue weighted by Crippen LogP contribution is -2.37. The molecule has 0 aromatic heterocycles. The Hall–Kier alpha value is -1.50. The number of likely N-dealkylation sites (tertiary alicyclic amines) is 1. The van der Waals surface area contributed by atoms with Crippen molar-refractivity contribution < 1.29 is 4.79 Å². The van der Waals surface area contributed by atoms with Crippen molar-refractivity contribution in [1.29, 1.82) is 5.26 Å². The maximum Gasteiger partial charge on any atom is 0.265 e. The number of rotatable bonds is 3. The van der Waals surface area contributed by atoms with Gasteiger partial charge in [-0.25, -0.2) is 0 Å². The molecule has 2 aliphatic rings. The molecule has 0 unspecified atom stereocenters. The van der Waals surface area contributed by atoms with Crippen LogP contribution in [0.15, 0.2) is 11.8 Å². The van der Waals surface area contributed by atoms with Crippen LogP contribution in [0, 0.1) is 11.3 Å². The first-order chi connectivity index (χ1) is 8.81. The van der Waals surface area contributed by atoms with Gasteiger partial charge in [-0.1, -0.05) is 12.8 Å². The summed E-state index contributed by atoms with van der Waals surface area (Å²) in [7, 11) is 0. The monoisotopic (exact) mass is 247 g/mol. The van der Waals surface area contributed by atoms with Crippen LogP contribution in [0.5, 0.6) is 0 Å². The molecule has 1 saturated carbocycles. The Morgan fingerprint density at radius 1 is 1.17 bits per heavy atom. The van der Waals surface area contributed by atoms with Gasteiger partial charge in [0.1, 0.15) is 11.6 Å². The molecule has 18 heavy (non-hydrogen) atoms. The van der Waals surface area contributed by atoms with Gasteiger partial charge in [0, 0.05) is 25.3 Å². The summed E-state index contributed by atoms with van der Waals surface area (Å²) in [5.74, 6) is -0.109. The summed E-state index contributed by atoms with van der Waals surface area (Å²) < 4.78 is 0. The molecule has 0 aromatic rings. The van der Waals surface area contributed by atoms with E-state index in [4.69, 9.17) is 5.26 Å². The lowest BCUT2D eigenvalue weighted by molar-refractivity contribution is -0.127. The van der Waals surface area contributed by atoms with Crippen molar-refractivity contribution in [2.24, 2.45) is 0 Å². The average Bonchev–Trinajstić information content (AvgIpc) is 2.93. The SMILES string of the molecule is N#C/C(=C/NC1CCCC1)C(=O)N1CCCCC1. The first-order valence-electron chi connectivity index (χ1n) is 6.97. The molecule has 0 spiro atoms. The van der Waals surface area contributed by atoms with Gasteiger partial charge >= 0.3 is 0 Å². The third-order valence-electron chi connectivity index (χ3n) is 3.81. The van der Waals surface area contributed by atoms with E-state index in [1.54, 1.807) is 11.1 Å². The molecule has 4 heteroatoms. The molecule has 2 rings (SSSR count). The van der Waals surface area contributed by atoms with Crippen molar-refractivity contribution in [1.82, 2.24) is 10.2 Å². The molecule has 1 amide bonds. The van der Waals surface area contributed by atoms with E-state index in [0.29, 0.717) is 6.04 Å². The Morgan fingerprint density at radius 3 is 2.44 bits per heavy atom. The molecule has 1 heterocycles. The fourth-order valence-corrected chi connectivity index (χ4v) is 2.70. The number of hydrogen-bond acceptors (Lipinski definition) is 3. The maximum atomic E-state index is 12.1. The van der Waals surface area contributed by atoms with Gasteiger partial charge < -0.3 is 10.2 Å². The average molecular weight is 247 g/mol. The standard InChI is InChI=1S/C14H21N3O/c15-10-12(11-16-13-6-2-3-7-13)14(18)17-8-4-1-5-9-17/h11,13,16H,1-9H2/b12-11-. The van der Waals surface area contributed by atoms with Crippen molar-refractivity contribution >= 4 is 5.91 Å². The number of nitriles is 1. The molecule has 0 atom stereocenters. The van der Waals surface area contributed by atoms with E-state index in [9.17, 15) is 4.79 Å². The highest BCUT2D eigenvalue weighted by Crippen LogP contribution is 2.18. The summed E-state index contributed by atoms with van der Waals surface area (Å²) in [6, 6.07) is 2.48. The highest BCUT2D eigenvalue weighted by atomic mass is 16.2. The number of nitrogens with one attached hydrogen (secondary N) is 1. The van der Waals surface area contributed by atoms with Gasteiger partial charge in [-0.15, -0.1) is 0 Å². The van der Waals surface area contributed by atoms with Gasteiger partial charge in [-0.05, 0) is 32.1 Å². The number of amides is 1. The number of carbonyl (C=O) groups is 1. The van der Waals surface area contributed by atoms with Crippen molar-refractivity contribution in [3.63, 3.8) is 0 Å². The van der Waals surface area contributed by atoms with Crippen LogP contribution in [0.2, 0.25) is 0 Å². The van der Waals surface area contributed by atoms with Crippen LogP contribution < -0.4 is 5.32 Å². The quantitative estimate of drug-likeness (QED) is 0.612. The number of nitrogens with zero attached hydrogens (tertiary/aromatic N) is 2. The lowest BCUT2D eigenvalue weighted by atomic mass is 10.1. The third-order valence-corrected chi connectivity index (χ3v) is 3.81. The predicted octanol–water partition coefficient (Wildman–Crippen LogP) is 1.94. The molecule has 4 nitrogen and oxygen atoms in total. The van der Waals surface area contributed by atoms with Crippen LogP contribution >= 0.6 is 0 Å². The first-order valence-corrected chi connectivity index (χ1v) is 6.97. The molecule has 1 saturated heterocycles. The summed E-state index contributed by atoms with van der Waals surface area (Å²) in [6.07, 6.45) is 9.71. The minimum atomic E-state index is -0.109. The van der Waals surface area contributed by atoms with Gasteiger partial charge in [-0.3, -0.25) is 4.79 Å². The number of piperidine rings is 1. The highest BCUT2D eigenvalue weighted by Gasteiger charge is 2.21. The molecule has 2 fully saturated rings. The minimum Gasteiger partial charge on any atom is -0.387 e. The number of carbonyl (C=O) groups excluding carboxylic acids is 1. The molecule has 0 bridgehead atoms. The predicted molar refractivity (Wildman–Crippen MR) is 69.5 cm³/mol. The van der Waals surface area contributed by atoms with E-state index in [1.165, 1.54) is 19.3 Å². The van der Waals surface area contributed by atoms with Gasteiger partial charge in [0.2, 0.25) is 0 Å². The topological polar surface area (TPSA) is 56.1 Å². The molecule has 0 aromatic carbocycles. The summed E-state index contributed by atoms with van der Waals surface area (Å²) >= 11 is 0. The highest BCUT2D eigenvalue weighted by molar-refractivity contribution is 5.97. The van der Waals surface area contributed by atoms with Gasteiger partial charge in [0.15, 0.2) is 0 Å². The Bertz CT molecular complexity index is 358. The van der Waals surface area contributed by atoms with Gasteiger partial charge in [0.25, 0.3) is 5.91 Å². The first kappa shape index (κ1) is 12.9. The largest absolute Gasteiger partial charge is 0.387 e. The van der Waals surface area contributed by atoms with E-state index in [1.807, 2.05) is 6.07 Å². The molecular weight excluding hydrogens is 226 g/mol.